The molecule has 5 heteroatoms. The summed E-state index contributed by atoms with van der Waals surface area (Å²) in [5, 5.41) is 3.36. The summed E-state index contributed by atoms with van der Waals surface area (Å²) < 4.78 is 5.72. The zero-order chi connectivity index (χ0) is 16.5. The summed E-state index contributed by atoms with van der Waals surface area (Å²) in [4.78, 5) is 6.90. The predicted octanol–water partition coefficient (Wildman–Crippen LogP) is 3.48. The summed E-state index contributed by atoms with van der Waals surface area (Å²) in [6.45, 7) is 8.50. The lowest BCUT2D eigenvalue weighted by Gasteiger charge is -2.22. The van der Waals surface area contributed by atoms with Gasteiger partial charge in [-0.15, -0.1) is 24.0 Å². The molecule has 136 valence electrons. The molecule has 4 nitrogen and oxygen atoms in total. The van der Waals surface area contributed by atoms with E-state index >= 15 is 0 Å². The molecule has 1 N–H and O–H groups in total. The molecule has 0 spiro atoms. The molecule has 1 aliphatic carbocycles. The number of hydrogen-bond donors (Lipinski definition) is 1. The molecule has 0 radical (unpaired) electrons. The van der Waals surface area contributed by atoms with Gasteiger partial charge < -0.3 is 15.0 Å². The maximum Gasteiger partial charge on any atom is 0.193 e. The molecule has 0 bridgehead atoms. The van der Waals surface area contributed by atoms with Crippen molar-refractivity contribution in [2.24, 2.45) is 10.9 Å². The molecule has 0 unspecified atom stereocenters. The Morgan fingerprint density at radius 3 is 2.83 bits per heavy atom. The van der Waals surface area contributed by atoms with Gasteiger partial charge in [0, 0.05) is 33.3 Å². The van der Waals surface area contributed by atoms with Crippen LogP contribution >= 0.6 is 24.0 Å². The van der Waals surface area contributed by atoms with E-state index in [1.54, 1.807) is 0 Å². The van der Waals surface area contributed by atoms with Crippen molar-refractivity contribution in [1.29, 1.82) is 0 Å². The Balaban J connectivity index is 0.00000288. The summed E-state index contributed by atoms with van der Waals surface area (Å²) in [7, 11) is 2.08. The third kappa shape index (κ3) is 8.33. The van der Waals surface area contributed by atoms with Crippen molar-refractivity contribution in [2.75, 3.05) is 39.9 Å². The SMILES string of the molecule is CCNC(=NCCc1cccc(C)c1)N(C)CCOCC1CC1.I. The van der Waals surface area contributed by atoms with Crippen LogP contribution < -0.4 is 5.32 Å². The molecule has 0 heterocycles. The van der Waals surface area contributed by atoms with Gasteiger partial charge in [0.25, 0.3) is 0 Å². The fourth-order valence-corrected chi connectivity index (χ4v) is 2.47. The third-order valence-corrected chi connectivity index (χ3v) is 4.06. The largest absolute Gasteiger partial charge is 0.379 e. The van der Waals surface area contributed by atoms with Crippen LogP contribution in [0, 0.1) is 12.8 Å². The fraction of sp³-hybridized carbons (Fsp3) is 0.632. The van der Waals surface area contributed by atoms with Gasteiger partial charge >= 0.3 is 0 Å². The molecule has 0 saturated heterocycles. The molecular formula is C19H32IN3O. The minimum Gasteiger partial charge on any atom is -0.379 e. The summed E-state index contributed by atoms with van der Waals surface area (Å²) in [6, 6.07) is 8.65. The Morgan fingerprint density at radius 1 is 1.38 bits per heavy atom. The summed E-state index contributed by atoms with van der Waals surface area (Å²) >= 11 is 0. The van der Waals surface area contributed by atoms with Gasteiger partial charge in [-0.25, -0.2) is 0 Å². The number of guanidine groups is 1. The second-order valence-corrected chi connectivity index (χ2v) is 6.41. The number of nitrogens with one attached hydrogen (secondary N) is 1. The van der Waals surface area contributed by atoms with Gasteiger partial charge in [0.2, 0.25) is 0 Å². The van der Waals surface area contributed by atoms with E-state index in [-0.39, 0.29) is 24.0 Å². The lowest BCUT2D eigenvalue weighted by molar-refractivity contribution is 0.115. The van der Waals surface area contributed by atoms with Crippen LogP contribution in [-0.4, -0.2) is 50.8 Å². The molecule has 0 atom stereocenters. The Kier molecular flexibility index (Phi) is 10.3. The molecule has 1 aromatic rings. The quantitative estimate of drug-likeness (QED) is 0.274. The topological polar surface area (TPSA) is 36.9 Å². The van der Waals surface area contributed by atoms with E-state index < -0.39 is 0 Å². The van der Waals surface area contributed by atoms with E-state index in [0.717, 1.165) is 51.1 Å². The van der Waals surface area contributed by atoms with Crippen LogP contribution in [0.4, 0.5) is 0 Å². The summed E-state index contributed by atoms with van der Waals surface area (Å²) in [6.07, 6.45) is 3.67. The zero-order valence-electron chi connectivity index (χ0n) is 15.3. The number of nitrogens with zero attached hydrogens (tertiary/aromatic N) is 2. The normalized spacial score (nSPS) is 14.2. The van der Waals surface area contributed by atoms with E-state index in [0.29, 0.717) is 0 Å². The molecular weight excluding hydrogens is 413 g/mol. The average Bonchev–Trinajstić information content (AvgIpc) is 3.35. The molecule has 0 aromatic heterocycles. The molecule has 1 saturated carbocycles. The average molecular weight is 445 g/mol. The van der Waals surface area contributed by atoms with Crippen molar-refractivity contribution in [3.63, 3.8) is 0 Å². The fourth-order valence-electron chi connectivity index (χ4n) is 2.47. The van der Waals surface area contributed by atoms with Crippen molar-refractivity contribution in [3.05, 3.63) is 35.4 Å². The second-order valence-electron chi connectivity index (χ2n) is 6.41. The number of hydrogen-bond acceptors (Lipinski definition) is 2. The van der Waals surface area contributed by atoms with E-state index in [1.165, 1.54) is 24.0 Å². The number of rotatable bonds is 9. The number of ether oxygens (including phenoxy) is 1. The number of aryl methyl sites for hydroxylation is 1. The van der Waals surface area contributed by atoms with Crippen LogP contribution in [0.25, 0.3) is 0 Å². The second kappa shape index (κ2) is 11.7. The van der Waals surface area contributed by atoms with Gasteiger partial charge in [0.15, 0.2) is 5.96 Å². The van der Waals surface area contributed by atoms with Gasteiger partial charge in [0.05, 0.1) is 6.61 Å². The van der Waals surface area contributed by atoms with Crippen molar-refractivity contribution in [3.8, 4) is 0 Å². The van der Waals surface area contributed by atoms with Crippen LogP contribution in [0.2, 0.25) is 0 Å². The smallest absolute Gasteiger partial charge is 0.193 e. The van der Waals surface area contributed by atoms with Crippen LogP contribution in [-0.2, 0) is 11.2 Å². The van der Waals surface area contributed by atoms with Crippen LogP contribution in [0.3, 0.4) is 0 Å². The van der Waals surface area contributed by atoms with Gasteiger partial charge in [0.1, 0.15) is 0 Å². The van der Waals surface area contributed by atoms with Gasteiger partial charge in [-0.3, -0.25) is 4.99 Å². The van der Waals surface area contributed by atoms with E-state index in [4.69, 9.17) is 9.73 Å². The first kappa shape index (κ1) is 21.2. The first-order valence-electron chi connectivity index (χ1n) is 8.81. The number of likely N-dealkylation sites (N-methyl/N-ethyl adjacent to an activating group) is 1. The van der Waals surface area contributed by atoms with Crippen LogP contribution in [0.5, 0.6) is 0 Å². The standard InChI is InChI=1S/C19H31N3O.HI/c1-4-20-19(22(3)12-13-23-15-18-8-9-18)21-11-10-17-7-5-6-16(2)14-17;/h5-7,14,18H,4,8-13,15H2,1-3H3,(H,20,21);1H. The number of benzene rings is 1. The first-order valence-corrected chi connectivity index (χ1v) is 8.81. The molecule has 2 rings (SSSR count). The highest BCUT2D eigenvalue weighted by Gasteiger charge is 2.21. The number of halogens is 1. The van der Waals surface area contributed by atoms with Crippen molar-refractivity contribution < 1.29 is 4.74 Å². The minimum atomic E-state index is 0. The summed E-state index contributed by atoms with van der Waals surface area (Å²) in [5.41, 5.74) is 2.66. The Labute approximate surface area is 164 Å². The molecule has 1 aliphatic rings. The Morgan fingerprint density at radius 2 is 2.17 bits per heavy atom. The predicted molar refractivity (Wildman–Crippen MR) is 112 cm³/mol. The van der Waals surface area contributed by atoms with Gasteiger partial charge in [-0.2, -0.15) is 0 Å². The Hall–Kier alpha value is -0.820. The van der Waals surface area contributed by atoms with E-state index in [9.17, 15) is 0 Å². The molecule has 1 fully saturated rings. The maximum absolute atomic E-state index is 5.72. The van der Waals surface area contributed by atoms with Crippen molar-refractivity contribution in [2.45, 2.75) is 33.1 Å². The molecule has 24 heavy (non-hydrogen) atoms. The number of aliphatic imine (C=N–C) groups is 1. The van der Waals surface area contributed by atoms with Crippen LogP contribution in [0.1, 0.15) is 30.9 Å². The lowest BCUT2D eigenvalue weighted by Crippen LogP contribution is -2.40. The minimum absolute atomic E-state index is 0. The maximum atomic E-state index is 5.72. The highest BCUT2D eigenvalue weighted by molar-refractivity contribution is 14.0. The molecule has 0 amide bonds. The van der Waals surface area contributed by atoms with E-state index in [2.05, 4.69) is 55.4 Å². The molecule has 1 aromatic carbocycles. The highest BCUT2D eigenvalue weighted by atomic mass is 127. The van der Waals surface area contributed by atoms with Crippen LogP contribution in [0.15, 0.2) is 29.3 Å². The monoisotopic (exact) mass is 445 g/mol. The first-order chi connectivity index (χ1) is 11.2. The summed E-state index contributed by atoms with van der Waals surface area (Å²) in [5.74, 6) is 1.80. The highest BCUT2D eigenvalue weighted by Crippen LogP contribution is 2.28. The third-order valence-electron chi connectivity index (χ3n) is 4.06. The molecule has 0 aliphatic heterocycles. The van der Waals surface area contributed by atoms with E-state index in [1.807, 2.05) is 0 Å². The van der Waals surface area contributed by atoms with Crippen molar-refractivity contribution >= 4 is 29.9 Å². The zero-order valence-corrected chi connectivity index (χ0v) is 17.6. The van der Waals surface area contributed by atoms with Gasteiger partial charge in [-0.05, 0) is 44.6 Å². The van der Waals surface area contributed by atoms with Gasteiger partial charge in [-0.1, -0.05) is 29.8 Å². The lowest BCUT2D eigenvalue weighted by atomic mass is 10.1. The Bertz CT molecular complexity index is 503. The van der Waals surface area contributed by atoms with Crippen molar-refractivity contribution in [1.82, 2.24) is 10.2 Å².